The number of benzene rings is 1. The van der Waals surface area contributed by atoms with Gasteiger partial charge in [-0.05, 0) is 24.3 Å². The van der Waals surface area contributed by atoms with E-state index in [0.717, 1.165) is 0 Å². The highest BCUT2D eigenvalue weighted by Gasteiger charge is 2.00. The van der Waals surface area contributed by atoms with Crippen LogP contribution in [-0.2, 0) is 0 Å². The highest BCUT2D eigenvalue weighted by molar-refractivity contribution is 5.85. The molecule has 0 aliphatic carbocycles. The van der Waals surface area contributed by atoms with Crippen LogP contribution >= 0.6 is 24.8 Å². The van der Waals surface area contributed by atoms with E-state index in [-0.39, 0.29) is 31.4 Å². The summed E-state index contributed by atoms with van der Waals surface area (Å²) in [4.78, 5) is 0. The fourth-order valence-electron chi connectivity index (χ4n) is 0.758. The Balaban J connectivity index is 0. The molecule has 1 unspecified atom stereocenters. The lowest BCUT2D eigenvalue weighted by Gasteiger charge is -2.11. The van der Waals surface area contributed by atoms with Gasteiger partial charge in [-0.25, -0.2) is 0 Å². The van der Waals surface area contributed by atoms with Gasteiger partial charge in [0.1, 0.15) is 5.75 Å². The Hall–Kier alpha value is -0.680. The van der Waals surface area contributed by atoms with E-state index in [1.165, 1.54) is 0 Å². The van der Waals surface area contributed by atoms with Crippen LogP contribution in [0.5, 0.6) is 5.75 Å². The third kappa shape index (κ3) is 5.14. The van der Waals surface area contributed by atoms with Crippen LogP contribution in [0.1, 0.15) is 0 Å². The first-order chi connectivity index (χ1) is 5.72. The summed E-state index contributed by atoms with van der Waals surface area (Å²) in [6, 6.07) is 6.81. The van der Waals surface area contributed by atoms with Crippen LogP contribution in [0.4, 0.5) is 5.69 Å². The van der Waals surface area contributed by atoms with Crippen molar-refractivity contribution in [2.75, 3.05) is 12.3 Å². The Kier molecular flexibility index (Phi) is 8.68. The van der Waals surface area contributed by atoms with Gasteiger partial charge in [0.15, 0.2) is 6.23 Å². The van der Waals surface area contributed by atoms with Crippen LogP contribution < -0.4 is 16.2 Å². The van der Waals surface area contributed by atoms with Gasteiger partial charge in [-0.3, -0.25) is 5.73 Å². The summed E-state index contributed by atoms with van der Waals surface area (Å²) < 4.78 is 5.09. The quantitative estimate of drug-likeness (QED) is 0.539. The van der Waals surface area contributed by atoms with Crippen molar-refractivity contribution in [1.29, 1.82) is 0 Å². The number of hydrogen-bond acceptors (Lipinski definition) is 4. The van der Waals surface area contributed by atoms with E-state index in [1.807, 2.05) is 0 Å². The molecule has 1 aromatic carbocycles. The van der Waals surface area contributed by atoms with E-state index in [9.17, 15) is 0 Å². The number of aliphatic hydroxyl groups is 1. The molecule has 0 heterocycles. The maximum atomic E-state index is 8.58. The summed E-state index contributed by atoms with van der Waals surface area (Å²) in [7, 11) is 0. The van der Waals surface area contributed by atoms with Crippen LogP contribution in [-0.4, -0.2) is 17.9 Å². The predicted molar refractivity (Wildman–Crippen MR) is 61.0 cm³/mol. The van der Waals surface area contributed by atoms with Crippen molar-refractivity contribution in [2.45, 2.75) is 6.23 Å². The topological polar surface area (TPSA) is 81.5 Å². The first kappa shape index (κ1) is 15.8. The molecule has 0 amide bonds. The summed E-state index contributed by atoms with van der Waals surface area (Å²) >= 11 is 0. The molecule has 0 aromatic heterocycles. The van der Waals surface area contributed by atoms with Gasteiger partial charge in [0.2, 0.25) is 0 Å². The maximum absolute atomic E-state index is 8.58. The zero-order chi connectivity index (χ0) is 8.97. The van der Waals surface area contributed by atoms with Crippen molar-refractivity contribution in [2.24, 2.45) is 5.73 Å². The molecule has 0 aliphatic heterocycles. The molecule has 0 bridgehead atoms. The lowest BCUT2D eigenvalue weighted by atomic mass is 10.3. The summed E-state index contributed by atoms with van der Waals surface area (Å²) in [5, 5.41) is 8.58. The highest BCUT2D eigenvalue weighted by Crippen LogP contribution is 2.13. The number of hydrogen-bond donors (Lipinski definition) is 3. The van der Waals surface area contributed by atoms with Crippen molar-refractivity contribution >= 4 is 30.5 Å². The maximum Gasteiger partial charge on any atom is 0.170 e. The SMILES string of the molecule is Cl.Cl.Nc1ccc(OC(N)CO)cc1. The van der Waals surface area contributed by atoms with Crippen molar-refractivity contribution in [3.63, 3.8) is 0 Å². The van der Waals surface area contributed by atoms with E-state index >= 15 is 0 Å². The fraction of sp³-hybridized carbons (Fsp3) is 0.250. The minimum absolute atomic E-state index is 0. The van der Waals surface area contributed by atoms with Gasteiger partial charge >= 0.3 is 0 Å². The van der Waals surface area contributed by atoms with Crippen LogP contribution in [0.25, 0.3) is 0 Å². The van der Waals surface area contributed by atoms with Gasteiger partial charge < -0.3 is 15.6 Å². The van der Waals surface area contributed by atoms with E-state index < -0.39 is 6.23 Å². The number of ether oxygens (including phenoxy) is 1. The second kappa shape index (κ2) is 7.70. The van der Waals surface area contributed by atoms with Gasteiger partial charge in [0.05, 0.1) is 6.61 Å². The Morgan fingerprint density at radius 3 is 2.14 bits per heavy atom. The normalized spacial score (nSPS) is 10.7. The molecular formula is C8H14Cl2N2O2. The molecule has 1 rings (SSSR count). The Morgan fingerprint density at radius 1 is 1.21 bits per heavy atom. The molecule has 0 aliphatic rings. The minimum atomic E-state index is -0.673. The first-order valence-corrected chi connectivity index (χ1v) is 3.61. The smallest absolute Gasteiger partial charge is 0.170 e. The lowest BCUT2D eigenvalue weighted by Crippen LogP contribution is -2.30. The molecule has 0 saturated heterocycles. The molecule has 5 N–H and O–H groups in total. The van der Waals surface area contributed by atoms with Gasteiger partial charge in [-0.1, -0.05) is 0 Å². The molecule has 1 atom stereocenters. The summed E-state index contributed by atoms with van der Waals surface area (Å²) in [6.07, 6.45) is -0.673. The highest BCUT2D eigenvalue weighted by atomic mass is 35.5. The van der Waals surface area contributed by atoms with E-state index in [4.69, 9.17) is 21.3 Å². The zero-order valence-corrected chi connectivity index (χ0v) is 9.05. The average Bonchev–Trinajstić information content (AvgIpc) is 2.09. The van der Waals surface area contributed by atoms with Crippen LogP contribution in [0.15, 0.2) is 24.3 Å². The van der Waals surface area contributed by atoms with Crippen molar-refractivity contribution in [1.82, 2.24) is 0 Å². The summed E-state index contributed by atoms with van der Waals surface area (Å²) in [5.74, 6) is 0.603. The van der Waals surface area contributed by atoms with Crippen molar-refractivity contribution in [3.8, 4) is 5.75 Å². The van der Waals surface area contributed by atoms with E-state index in [0.29, 0.717) is 11.4 Å². The van der Waals surface area contributed by atoms with Crippen molar-refractivity contribution < 1.29 is 9.84 Å². The average molecular weight is 241 g/mol. The number of halogens is 2. The van der Waals surface area contributed by atoms with Gasteiger partial charge in [-0.15, -0.1) is 24.8 Å². The first-order valence-electron chi connectivity index (χ1n) is 3.61. The predicted octanol–water partition coefficient (Wildman–Crippen LogP) is 0.768. The summed E-state index contributed by atoms with van der Waals surface area (Å²) in [5.41, 5.74) is 11.5. The number of nitrogen functional groups attached to an aromatic ring is 1. The summed E-state index contributed by atoms with van der Waals surface area (Å²) in [6.45, 7) is -0.204. The molecule has 14 heavy (non-hydrogen) atoms. The van der Waals surface area contributed by atoms with E-state index in [2.05, 4.69) is 0 Å². The molecule has 0 fully saturated rings. The number of anilines is 1. The monoisotopic (exact) mass is 240 g/mol. The van der Waals surface area contributed by atoms with E-state index in [1.54, 1.807) is 24.3 Å². The minimum Gasteiger partial charge on any atom is -0.473 e. The molecule has 0 radical (unpaired) electrons. The standard InChI is InChI=1S/C8H12N2O2.2ClH/c9-6-1-3-7(4-2-6)12-8(10)5-11;;/h1-4,8,11H,5,9-10H2;2*1H. The molecular weight excluding hydrogens is 227 g/mol. The zero-order valence-electron chi connectivity index (χ0n) is 7.42. The lowest BCUT2D eigenvalue weighted by molar-refractivity contribution is 0.121. The van der Waals surface area contributed by atoms with Crippen LogP contribution in [0, 0.1) is 0 Å². The molecule has 1 aromatic rings. The molecule has 0 saturated carbocycles. The Bertz CT molecular complexity index is 244. The Labute approximate surface area is 95.1 Å². The molecule has 82 valence electrons. The van der Waals surface area contributed by atoms with Crippen LogP contribution in [0.2, 0.25) is 0 Å². The molecule has 6 heteroatoms. The molecule has 4 nitrogen and oxygen atoms in total. The van der Waals surface area contributed by atoms with Crippen LogP contribution in [0.3, 0.4) is 0 Å². The number of aliphatic hydroxyl groups excluding tert-OH is 1. The Morgan fingerprint density at radius 2 is 1.71 bits per heavy atom. The number of nitrogens with two attached hydrogens (primary N) is 2. The van der Waals surface area contributed by atoms with Crippen molar-refractivity contribution in [3.05, 3.63) is 24.3 Å². The van der Waals surface area contributed by atoms with Gasteiger partial charge in [-0.2, -0.15) is 0 Å². The third-order valence-corrected chi connectivity index (χ3v) is 1.35. The third-order valence-electron chi connectivity index (χ3n) is 1.35. The second-order valence-electron chi connectivity index (χ2n) is 2.41. The van der Waals surface area contributed by atoms with Gasteiger partial charge in [0, 0.05) is 5.69 Å². The fourth-order valence-corrected chi connectivity index (χ4v) is 0.758. The largest absolute Gasteiger partial charge is 0.473 e. The number of rotatable bonds is 3. The van der Waals surface area contributed by atoms with Gasteiger partial charge in [0.25, 0.3) is 0 Å². The molecule has 0 spiro atoms. The second-order valence-corrected chi connectivity index (χ2v) is 2.41.